The van der Waals surface area contributed by atoms with Crippen LogP contribution in [0.25, 0.3) is 0 Å². The maximum absolute atomic E-state index is 12.4. The number of nitrogens with zero attached hydrogens (tertiary/aromatic N) is 2. The first kappa shape index (κ1) is 30.7. The minimum absolute atomic E-state index is 0.0810. The van der Waals surface area contributed by atoms with Crippen LogP contribution >= 0.6 is 0 Å². The SMILES string of the molecule is CC1(C)CC2CC(C)(CN2C(=O)OCc2ccccc2)C1.CCCCCOC(=O)N1CC2(C)CC1CC(C)(C)C2. The molecule has 0 N–H and O–H groups in total. The molecular formula is C34H54N2O4. The summed E-state index contributed by atoms with van der Waals surface area (Å²) < 4.78 is 11.0. The molecule has 6 heteroatoms. The highest BCUT2D eigenvalue weighted by Gasteiger charge is 2.52. The Morgan fingerprint density at radius 3 is 1.75 bits per heavy atom. The van der Waals surface area contributed by atoms with Gasteiger partial charge in [-0.25, -0.2) is 9.59 Å². The molecule has 4 unspecified atom stereocenters. The Morgan fingerprint density at radius 1 is 0.750 bits per heavy atom. The van der Waals surface area contributed by atoms with Gasteiger partial charge in [-0.1, -0.05) is 91.6 Å². The number of likely N-dealkylation sites (tertiary alicyclic amines) is 2. The van der Waals surface area contributed by atoms with Gasteiger partial charge in [-0.05, 0) is 72.2 Å². The summed E-state index contributed by atoms with van der Waals surface area (Å²) in [5.74, 6) is 0. The summed E-state index contributed by atoms with van der Waals surface area (Å²) in [6.45, 7) is 18.7. The molecule has 2 aliphatic heterocycles. The van der Waals surface area contributed by atoms with E-state index < -0.39 is 0 Å². The summed E-state index contributed by atoms with van der Waals surface area (Å²) in [6, 6.07) is 10.6. The number of carbonyl (C=O) groups excluding carboxylic acids is 2. The predicted octanol–water partition coefficient (Wildman–Crippen LogP) is 8.44. The number of carbonyl (C=O) groups is 2. The number of rotatable bonds is 6. The van der Waals surface area contributed by atoms with Crippen LogP contribution in [0.1, 0.15) is 112 Å². The van der Waals surface area contributed by atoms with Gasteiger partial charge >= 0.3 is 12.2 Å². The molecule has 0 radical (unpaired) electrons. The zero-order valence-electron chi connectivity index (χ0n) is 26.3. The lowest BCUT2D eigenvalue weighted by molar-refractivity contribution is 0.0848. The Labute approximate surface area is 243 Å². The van der Waals surface area contributed by atoms with Crippen LogP contribution in [-0.2, 0) is 16.1 Å². The van der Waals surface area contributed by atoms with Crippen LogP contribution in [0.5, 0.6) is 0 Å². The number of benzene rings is 1. The zero-order valence-corrected chi connectivity index (χ0v) is 26.3. The first-order chi connectivity index (χ1) is 18.7. The van der Waals surface area contributed by atoms with Gasteiger partial charge in [0.25, 0.3) is 0 Å². The van der Waals surface area contributed by atoms with E-state index in [4.69, 9.17) is 9.47 Å². The number of unbranched alkanes of at least 4 members (excludes halogenated alkanes) is 2. The minimum Gasteiger partial charge on any atom is -0.449 e. The van der Waals surface area contributed by atoms with Crippen LogP contribution in [0.3, 0.4) is 0 Å². The van der Waals surface area contributed by atoms with Gasteiger partial charge in [0.1, 0.15) is 6.61 Å². The summed E-state index contributed by atoms with van der Waals surface area (Å²) in [4.78, 5) is 28.6. The normalized spacial score (nSPS) is 31.3. The molecule has 1 aromatic carbocycles. The highest BCUT2D eigenvalue weighted by atomic mass is 16.6. The highest BCUT2D eigenvalue weighted by Crippen LogP contribution is 2.53. The first-order valence-corrected chi connectivity index (χ1v) is 15.6. The third-order valence-electron chi connectivity index (χ3n) is 9.48. The van der Waals surface area contributed by atoms with Crippen molar-refractivity contribution in [3.8, 4) is 0 Å². The molecule has 6 nitrogen and oxygen atoms in total. The summed E-state index contributed by atoms with van der Waals surface area (Å²) in [7, 11) is 0. The van der Waals surface area contributed by atoms with Crippen molar-refractivity contribution in [3.63, 3.8) is 0 Å². The van der Waals surface area contributed by atoms with Gasteiger partial charge in [0, 0.05) is 25.2 Å². The van der Waals surface area contributed by atoms with Gasteiger partial charge in [0.15, 0.2) is 0 Å². The van der Waals surface area contributed by atoms with E-state index in [0.29, 0.717) is 41.5 Å². The molecule has 0 spiro atoms. The van der Waals surface area contributed by atoms with E-state index in [-0.39, 0.29) is 17.6 Å². The second kappa shape index (κ2) is 11.9. The number of ether oxygens (including phenoxy) is 2. The molecule has 4 bridgehead atoms. The summed E-state index contributed by atoms with van der Waals surface area (Å²) >= 11 is 0. The summed E-state index contributed by atoms with van der Waals surface area (Å²) in [5, 5.41) is 0. The number of hydrogen-bond acceptors (Lipinski definition) is 4. The predicted molar refractivity (Wildman–Crippen MR) is 160 cm³/mol. The van der Waals surface area contributed by atoms with Gasteiger partial charge in [0.2, 0.25) is 0 Å². The molecule has 4 aliphatic rings. The molecule has 0 aromatic heterocycles. The molecule has 2 saturated carbocycles. The number of amides is 2. The van der Waals surface area contributed by atoms with Crippen LogP contribution < -0.4 is 0 Å². The van der Waals surface area contributed by atoms with Crippen molar-refractivity contribution in [1.29, 1.82) is 0 Å². The number of fused-ring (bicyclic) bond motifs is 4. The van der Waals surface area contributed by atoms with Crippen molar-refractivity contribution < 1.29 is 19.1 Å². The van der Waals surface area contributed by atoms with Gasteiger partial charge in [-0.3, -0.25) is 0 Å². The van der Waals surface area contributed by atoms with Crippen molar-refractivity contribution in [2.75, 3.05) is 19.7 Å². The maximum atomic E-state index is 12.4. The summed E-state index contributed by atoms with van der Waals surface area (Å²) in [5.41, 5.74) is 2.29. The lowest BCUT2D eigenvalue weighted by Crippen LogP contribution is -2.38. The van der Waals surface area contributed by atoms with Crippen LogP contribution in [0.4, 0.5) is 9.59 Å². The molecule has 5 rings (SSSR count). The average molecular weight is 555 g/mol. The second-order valence-corrected chi connectivity index (χ2v) is 15.5. The fourth-order valence-electron chi connectivity index (χ4n) is 8.74. The average Bonchev–Trinajstić information content (AvgIpc) is 3.27. The topological polar surface area (TPSA) is 59.1 Å². The molecule has 1 aromatic rings. The molecule has 4 fully saturated rings. The van der Waals surface area contributed by atoms with Gasteiger partial charge < -0.3 is 19.3 Å². The lowest BCUT2D eigenvalue weighted by atomic mass is 9.65. The van der Waals surface area contributed by atoms with E-state index in [9.17, 15) is 9.59 Å². The largest absolute Gasteiger partial charge is 0.449 e. The quantitative estimate of drug-likeness (QED) is 0.331. The van der Waals surface area contributed by atoms with Gasteiger partial charge in [0.05, 0.1) is 6.61 Å². The molecule has 2 heterocycles. The Bertz CT molecular complexity index is 1020. The minimum atomic E-state index is -0.148. The first-order valence-electron chi connectivity index (χ1n) is 15.6. The molecular weight excluding hydrogens is 500 g/mol. The fraction of sp³-hybridized carbons (Fsp3) is 0.765. The van der Waals surface area contributed by atoms with Gasteiger partial charge in [-0.15, -0.1) is 0 Å². The van der Waals surface area contributed by atoms with E-state index in [1.54, 1.807) is 0 Å². The second-order valence-electron chi connectivity index (χ2n) is 15.5. The van der Waals surface area contributed by atoms with Crippen molar-refractivity contribution >= 4 is 12.2 Å². The molecule has 2 saturated heterocycles. The summed E-state index contributed by atoms with van der Waals surface area (Å²) in [6.07, 6.45) is 9.95. The molecule has 224 valence electrons. The maximum Gasteiger partial charge on any atom is 0.410 e. The molecule has 40 heavy (non-hydrogen) atoms. The molecule has 2 aliphatic carbocycles. The van der Waals surface area contributed by atoms with E-state index in [0.717, 1.165) is 63.6 Å². The monoisotopic (exact) mass is 554 g/mol. The fourth-order valence-corrected chi connectivity index (χ4v) is 8.74. The third kappa shape index (κ3) is 7.73. The Balaban J connectivity index is 0.000000186. The molecule has 2 amide bonds. The highest BCUT2D eigenvalue weighted by molar-refractivity contribution is 5.69. The Hall–Kier alpha value is -2.24. The Kier molecular flexibility index (Phi) is 9.16. The zero-order chi connectivity index (χ0) is 29.2. The number of hydrogen-bond donors (Lipinski definition) is 0. The van der Waals surface area contributed by atoms with Crippen molar-refractivity contribution in [3.05, 3.63) is 35.9 Å². The van der Waals surface area contributed by atoms with Crippen LogP contribution in [0.2, 0.25) is 0 Å². The molecule has 4 atom stereocenters. The lowest BCUT2D eigenvalue weighted by Gasteiger charge is -2.39. The van der Waals surface area contributed by atoms with Crippen molar-refractivity contribution in [1.82, 2.24) is 9.80 Å². The van der Waals surface area contributed by atoms with E-state index >= 15 is 0 Å². The smallest absolute Gasteiger partial charge is 0.410 e. The van der Waals surface area contributed by atoms with Crippen LogP contribution in [0.15, 0.2) is 30.3 Å². The van der Waals surface area contributed by atoms with E-state index in [1.807, 2.05) is 40.1 Å². The van der Waals surface area contributed by atoms with Crippen molar-refractivity contribution in [2.45, 2.75) is 125 Å². The van der Waals surface area contributed by atoms with Crippen molar-refractivity contribution in [2.24, 2.45) is 21.7 Å². The standard InChI is InChI=1S/C18H25NO2.C16H29NO2/c1-17(2)9-15-10-18(3,12-17)13-19(15)16(20)21-11-14-7-5-4-6-8-14;1-5-6-7-8-19-14(18)17-12-16(4)10-13(17)9-15(2,3)11-16/h4-8,15H,9-13H2,1-3H3;13H,5-12H2,1-4H3. The van der Waals surface area contributed by atoms with Gasteiger partial charge in [-0.2, -0.15) is 0 Å². The third-order valence-corrected chi connectivity index (χ3v) is 9.48. The van der Waals surface area contributed by atoms with Crippen LogP contribution in [-0.4, -0.2) is 53.8 Å². The van der Waals surface area contributed by atoms with E-state index in [1.165, 1.54) is 12.8 Å². The Morgan fingerprint density at radius 2 is 1.25 bits per heavy atom. The van der Waals surface area contributed by atoms with E-state index in [2.05, 4.69) is 48.5 Å². The van der Waals surface area contributed by atoms with Crippen LogP contribution in [0, 0.1) is 21.7 Å².